The van der Waals surface area contributed by atoms with Crippen molar-refractivity contribution in [3.63, 3.8) is 0 Å². The first-order valence-corrected chi connectivity index (χ1v) is 7.09. The number of ether oxygens (including phenoxy) is 1. The Morgan fingerprint density at radius 2 is 2.05 bits per heavy atom. The maximum absolute atomic E-state index is 12.0. The van der Waals surface area contributed by atoms with E-state index in [1.807, 2.05) is 0 Å². The van der Waals surface area contributed by atoms with Gasteiger partial charge in [-0.3, -0.25) is 4.79 Å². The lowest BCUT2D eigenvalue weighted by molar-refractivity contribution is -0.140. The first-order valence-electron chi connectivity index (χ1n) is 5.65. The molecule has 20 heavy (non-hydrogen) atoms. The Kier molecular flexibility index (Phi) is 5.28. The van der Waals surface area contributed by atoms with Crippen LogP contribution in [0.15, 0.2) is 21.6 Å². The molecule has 9 heteroatoms. The molecule has 0 atom stereocenters. The van der Waals surface area contributed by atoms with Gasteiger partial charge in [-0.25, -0.2) is 13.2 Å². The summed E-state index contributed by atoms with van der Waals surface area (Å²) in [5.74, 6) is -2.23. The van der Waals surface area contributed by atoms with E-state index in [1.54, 1.807) is 0 Å². The van der Waals surface area contributed by atoms with Gasteiger partial charge in [0.25, 0.3) is 10.0 Å². The second-order valence-corrected chi connectivity index (χ2v) is 5.91. The average molecular weight is 305 g/mol. The number of furan rings is 1. The van der Waals surface area contributed by atoms with Crippen molar-refractivity contribution in [1.82, 2.24) is 4.31 Å². The summed E-state index contributed by atoms with van der Waals surface area (Å²) in [4.78, 5) is 21.6. The maximum Gasteiger partial charge on any atom is 0.371 e. The van der Waals surface area contributed by atoms with E-state index in [2.05, 4.69) is 4.74 Å². The van der Waals surface area contributed by atoms with Crippen molar-refractivity contribution in [2.45, 2.75) is 17.9 Å². The molecule has 1 heterocycles. The van der Waals surface area contributed by atoms with Gasteiger partial charge in [-0.1, -0.05) is 0 Å². The van der Waals surface area contributed by atoms with E-state index in [9.17, 15) is 18.0 Å². The van der Waals surface area contributed by atoms with Crippen molar-refractivity contribution < 1.29 is 32.3 Å². The van der Waals surface area contributed by atoms with E-state index in [-0.39, 0.29) is 19.4 Å². The SMILES string of the molecule is COC(=O)CCCN(C)S(=O)(=O)c1ccc(C(=O)O)o1. The molecule has 0 bridgehead atoms. The highest BCUT2D eigenvalue weighted by atomic mass is 32.2. The smallest absolute Gasteiger partial charge is 0.371 e. The predicted molar refractivity (Wildman–Crippen MR) is 66.7 cm³/mol. The fraction of sp³-hybridized carbons (Fsp3) is 0.455. The van der Waals surface area contributed by atoms with Gasteiger partial charge in [0, 0.05) is 20.0 Å². The molecule has 0 radical (unpaired) electrons. The Labute approximate surface area is 116 Å². The largest absolute Gasteiger partial charge is 0.475 e. The first-order chi connectivity index (χ1) is 9.28. The summed E-state index contributed by atoms with van der Waals surface area (Å²) in [6.07, 6.45) is 0.379. The number of carboxylic acid groups (broad SMARTS) is 1. The van der Waals surface area contributed by atoms with Crippen molar-refractivity contribution in [3.8, 4) is 0 Å². The normalized spacial score (nSPS) is 11.6. The second kappa shape index (κ2) is 6.53. The zero-order valence-corrected chi connectivity index (χ0v) is 11.8. The van der Waals surface area contributed by atoms with Gasteiger partial charge in [0.1, 0.15) is 0 Å². The summed E-state index contributed by atoms with van der Waals surface area (Å²) < 4.78 is 34.3. The van der Waals surface area contributed by atoms with Crippen molar-refractivity contribution in [1.29, 1.82) is 0 Å². The van der Waals surface area contributed by atoms with Crippen LogP contribution >= 0.6 is 0 Å². The Bertz CT molecular complexity index is 590. The minimum absolute atomic E-state index is 0.0839. The Morgan fingerprint density at radius 1 is 1.40 bits per heavy atom. The molecule has 0 saturated carbocycles. The Hall–Kier alpha value is -1.87. The van der Waals surface area contributed by atoms with Gasteiger partial charge >= 0.3 is 11.9 Å². The van der Waals surface area contributed by atoms with Crippen LogP contribution in [0, 0.1) is 0 Å². The highest BCUT2D eigenvalue weighted by Crippen LogP contribution is 2.18. The number of esters is 1. The van der Waals surface area contributed by atoms with E-state index in [1.165, 1.54) is 14.2 Å². The summed E-state index contributed by atoms with van der Waals surface area (Å²) >= 11 is 0. The van der Waals surface area contributed by atoms with Crippen LogP contribution in [0.3, 0.4) is 0 Å². The molecule has 1 aromatic heterocycles. The number of methoxy groups -OCH3 is 1. The monoisotopic (exact) mass is 305 g/mol. The average Bonchev–Trinajstić information content (AvgIpc) is 2.88. The van der Waals surface area contributed by atoms with Crippen LogP contribution in [0.5, 0.6) is 0 Å². The molecule has 1 N–H and O–H groups in total. The zero-order valence-electron chi connectivity index (χ0n) is 11.0. The number of sulfonamides is 1. The highest BCUT2D eigenvalue weighted by Gasteiger charge is 2.25. The maximum atomic E-state index is 12.0. The van der Waals surface area contributed by atoms with Gasteiger partial charge in [0.15, 0.2) is 0 Å². The van der Waals surface area contributed by atoms with Gasteiger partial charge in [0.2, 0.25) is 10.9 Å². The van der Waals surface area contributed by atoms with Crippen LogP contribution in [0.25, 0.3) is 0 Å². The molecule has 0 aliphatic rings. The van der Waals surface area contributed by atoms with Crippen molar-refractivity contribution in [2.24, 2.45) is 0 Å². The summed E-state index contributed by atoms with van der Waals surface area (Å²) in [6.45, 7) is 0.0839. The van der Waals surface area contributed by atoms with Crippen LogP contribution < -0.4 is 0 Å². The van der Waals surface area contributed by atoms with E-state index < -0.39 is 32.8 Å². The number of carbonyl (C=O) groups is 2. The van der Waals surface area contributed by atoms with E-state index in [0.29, 0.717) is 0 Å². The lowest BCUT2D eigenvalue weighted by atomic mass is 10.3. The molecular formula is C11H15NO7S. The third-order valence-corrected chi connectivity index (χ3v) is 4.27. The van der Waals surface area contributed by atoms with Gasteiger partial charge in [-0.15, -0.1) is 0 Å². The number of hydrogen-bond acceptors (Lipinski definition) is 6. The first kappa shape index (κ1) is 16.2. The fourth-order valence-corrected chi connectivity index (χ4v) is 2.51. The molecule has 0 unspecified atom stereocenters. The number of hydrogen-bond donors (Lipinski definition) is 1. The molecule has 0 saturated heterocycles. The van der Waals surface area contributed by atoms with Gasteiger partial charge in [-0.05, 0) is 18.6 Å². The number of nitrogens with zero attached hydrogens (tertiary/aromatic N) is 1. The molecule has 8 nitrogen and oxygen atoms in total. The number of carbonyl (C=O) groups excluding carboxylic acids is 1. The molecule has 0 amide bonds. The zero-order chi connectivity index (χ0) is 15.3. The Morgan fingerprint density at radius 3 is 2.55 bits per heavy atom. The molecule has 1 aromatic rings. The third kappa shape index (κ3) is 3.81. The predicted octanol–water partition coefficient (Wildman–Crippen LogP) is 0.552. The molecule has 1 rings (SSSR count). The van der Waals surface area contributed by atoms with Crippen LogP contribution in [0.1, 0.15) is 23.4 Å². The quantitative estimate of drug-likeness (QED) is 0.731. The van der Waals surface area contributed by atoms with Gasteiger partial charge in [0.05, 0.1) is 7.11 Å². The topological polar surface area (TPSA) is 114 Å². The Balaban J connectivity index is 2.71. The lowest BCUT2D eigenvalue weighted by Crippen LogP contribution is -2.28. The summed E-state index contributed by atoms with van der Waals surface area (Å²) in [5, 5.41) is 8.23. The van der Waals surface area contributed by atoms with Crippen molar-refractivity contribution in [3.05, 3.63) is 17.9 Å². The van der Waals surface area contributed by atoms with Gasteiger partial charge < -0.3 is 14.3 Å². The molecule has 0 spiro atoms. The minimum atomic E-state index is -3.91. The third-order valence-electron chi connectivity index (χ3n) is 2.54. The van der Waals surface area contributed by atoms with E-state index in [0.717, 1.165) is 16.4 Å². The number of carboxylic acids is 1. The lowest BCUT2D eigenvalue weighted by Gasteiger charge is -2.14. The molecule has 0 aliphatic heterocycles. The molecule has 0 fully saturated rings. The summed E-state index contributed by atoms with van der Waals surface area (Å²) in [5.41, 5.74) is 0. The molecule has 0 aromatic carbocycles. The van der Waals surface area contributed by atoms with Crippen LogP contribution in [0.4, 0.5) is 0 Å². The second-order valence-electron chi connectivity index (χ2n) is 3.93. The molecule has 112 valence electrons. The van der Waals surface area contributed by atoms with Crippen molar-refractivity contribution in [2.75, 3.05) is 20.7 Å². The van der Waals surface area contributed by atoms with Crippen molar-refractivity contribution >= 4 is 22.0 Å². The fourth-order valence-electron chi connectivity index (χ4n) is 1.40. The van der Waals surface area contributed by atoms with Gasteiger partial charge in [-0.2, -0.15) is 4.31 Å². The van der Waals surface area contributed by atoms with Crippen LogP contribution in [-0.4, -0.2) is 50.5 Å². The number of rotatable bonds is 7. The van der Waals surface area contributed by atoms with E-state index >= 15 is 0 Å². The van der Waals surface area contributed by atoms with Crippen LogP contribution in [-0.2, 0) is 19.6 Å². The standard InChI is InChI=1S/C11H15NO7S/c1-12(7-3-4-9(13)18-2)20(16,17)10-6-5-8(19-10)11(14)15/h5-6H,3-4,7H2,1-2H3,(H,14,15). The van der Waals surface area contributed by atoms with E-state index in [4.69, 9.17) is 9.52 Å². The minimum Gasteiger partial charge on any atom is -0.475 e. The van der Waals surface area contributed by atoms with Crippen LogP contribution in [0.2, 0.25) is 0 Å². The molecular weight excluding hydrogens is 290 g/mol. The number of aromatic carboxylic acids is 1. The summed E-state index contributed by atoms with van der Waals surface area (Å²) in [7, 11) is -1.34. The highest BCUT2D eigenvalue weighted by molar-refractivity contribution is 7.89. The molecule has 0 aliphatic carbocycles. The summed E-state index contributed by atoms with van der Waals surface area (Å²) in [6, 6.07) is 2.15.